The first-order valence-electron chi connectivity index (χ1n) is 8.97. The van der Waals surface area contributed by atoms with Crippen LogP contribution in [-0.4, -0.2) is 4.57 Å². The quantitative estimate of drug-likeness (QED) is 0.336. The van der Waals surface area contributed by atoms with E-state index in [0.717, 1.165) is 0 Å². The Kier molecular flexibility index (Phi) is 3.39. The highest BCUT2D eigenvalue weighted by atomic mass is 15.0. The van der Waals surface area contributed by atoms with Gasteiger partial charge in [-0.3, -0.25) is 0 Å². The van der Waals surface area contributed by atoms with Crippen molar-refractivity contribution in [3.63, 3.8) is 0 Å². The second-order valence-electron chi connectivity index (χ2n) is 6.79. The lowest BCUT2D eigenvalue weighted by atomic mass is 10.0. The predicted molar refractivity (Wildman–Crippen MR) is 111 cm³/mol. The van der Waals surface area contributed by atoms with Gasteiger partial charge >= 0.3 is 0 Å². The molecule has 0 aliphatic rings. The molecule has 0 aliphatic carbocycles. The van der Waals surface area contributed by atoms with Crippen LogP contribution >= 0.6 is 0 Å². The average molecular weight is 333 g/mol. The predicted octanol–water partition coefficient (Wildman–Crippen LogP) is 6.76. The molecule has 0 spiro atoms. The Hall–Kier alpha value is -3.32. The van der Waals surface area contributed by atoms with Gasteiger partial charge in [-0.2, -0.15) is 0 Å². The summed E-state index contributed by atoms with van der Waals surface area (Å²) in [4.78, 5) is 0. The number of aromatic nitrogens is 1. The minimum Gasteiger partial charge on any atom is -0.309 e. The highest BCUT2D eigenvalue weighted by Gasteiger charge is 2.13. The molecule has 1 nitrogen and oxygen atoms in total. The van der Waals surface area contributed by atoms with Gasteiger partial charge in [-0.25, -0.2) is 0 Å². The molecular weight excluding hydrogens is 314 g/mol. The van der Waals surface area contributed by atoms with Crippen LogP contribution in [0.3, 0.4) is 0 Å². The van der Waals surface area contributed by atoms with Crippen LogP contribution in [0, 0.1) is 6.92 Å². The summed E-state index contributed by atoms with van der Waals surface area (Å²) >= 11 is 0. The summed E-state index contributed by atoms with van der Waals surface area (Å²) in [6.07, 6.45) is 0. The first-order chi connectivity index (χ1) is 12.8. The topological polar surface area (TPSA) is 4.93 Å². The SMILES string of the molecule is Cc1ccc2c3cc(-c4ccccc4)ccc3n(-c3ccccc3)c2c1. The van der Waals surface area contributed by atoms with Crippen LogP contribution in [0.5, 0.6) is 0 Å². The summed E-state index contributed by atoms with van der Waals surface area (Å²) in [5, 5.41) is 2.59. The van der Waals surface area contributed by atoms with E-state index < -0.39 is 0 Å². The normalized spacial score (nSPS) is 11.3. The van der Waals surface area contributed by atoms with E-state index in [1.54, 1.807) is 0 Å². The number of aryl methyl sites for hydroxylation is 1. The van der Waals surface area contributed by atoms with Gasteiger partial charge in [0.05, 0.1) is 11.0 Å². The van der Waals surface area contributed by atoms with Gasteiger partial charge in [-0.15, -0.1) is 0 Å². The van der Waals surface area contributed by atoms with Crippen molar-refractivity contribution >= 4 is 21.8 Å². The number of hydrogen-bond acceptors (Lipinski definition) is 0. The molecule has 0 saturated carbocycles. The molecule has 0 fully saturated rings. The monoisotopic (exact) mass is 333 g/mol. The van der Waals surface area contributed by atoms with E-state index >= 15 is 0 Å². The van der Waals surface area contributed by atoms with Crippen LogP contribution in [-0.2, 0) is 0 Å². The van der Waals surface area contributed by atoms with Gasteiger partial charge < -0.3 is 4.57 Å². The summed E-state index contributed by atoms with van der Waals surface area (Å²) in [7, 11) is 0. The molecule has 0 amide bonds. The number of benzene rings is 4. The molecule has 0 radical (unpaired) electrons. The third-order valence-electron chi connectivity index (χ3n) is 5.04. The zero-order valence-corrected chi connectivity index (χ0v) is 14.7. The molecule has 1 aromatic heterocycles. The van der Waals surface area contributed by atoms with E-state index in [9.17, 15) is 0 Å². The van der Waals surface area contributed by atoms with E-state index in [2.05, 4.69) is 109 Å². The average Bonchev–Trinajstić information content (AvgIpc) is 3.02. The number of nitrogens with zero attached hydrogens (tertiary/aromatic N) is 1. The molecule has 5 aromatic rings. The van der Waals surface area contributed by atoms with Gasteiger partial charge in [0.15, 0.2) is 0 Å². The Bertz CT molecular complexity index is 1210. The minimum absolute atomic E-state index is 1.20. The number of hydrogen-bond donors (Lipinski definition) is 0. The van der Waals surface area contributed by atoms with Gasteiger partial charge in [0.1, 0.15) is 0 Å². The Labute approximate surface area is 153 Å². The summed E-state index contributed by atoms with van der Waals surface area (Å²) in [6, 6.07) is 34.7. The van der Waals surface area contributed by atoms with E-state index in [4.69, 9.17) is 0 Å². The number of para-hydroxylation sites is 1. The molecule has 0 bridgehead atoms. The van der Waals surface area contributed by atoms with E-state index in [-0.39, 0.29) is 0 Å². The minimum atomic E-state index is 1.20. The van der Waals surface area contributed by atoms with Crippen LogP contribution in [0.1, 0.15) is 5.56 Å². The van der Waals surface area contributed by atoms with Crippen molar-refractivity contribution in [2.24, 2.45) is 0 Å². The molecule has 124 valence electrons. The largest absolute Gasteiger partial charge is 0.309 e. The third kappa shape index (κ3) is 2.33. The Morgan fingerprint density at radius 2 is 1.27 bits per heavy atom. The molecule has 4 aromatic carbocycles. The Morgan fingerprint density at radius 3 is 2.04 bits per heavy atom. The zero-order valence-electron chi connectivity index (χ0n) is 14.7. The van der Waals surface area contributed by atoms with Crippen molar-refractivity contribution in [1.82, 2.24) is 4.57 Å². The summed E-state index contributed by atoms with van der Waals surface area (Å²) in [6.45, 7) is 2.15. The second kappa shape index (κ2) is 5.89. The molecule has 26 heavy (non-hydrogen) atoms. The fraction of sp³-hybridized carbons (Fsp3) is 0.0400. The number of rotatable bonds is 2. The van der Waals surface area contributed by atoms with Crippen molar-refractivity contribution in [1.29, 1.82) is 0 Å². The van der Waals surface area contributed by atoms with E-state index in [1.165, 1.54) is 44.2 Å². The van der Waals surface area contributed by atoms with Gasteiger partial charge in [0.2, 0.25) is 0 Å². The molecule has 5 rings (SSSR count). The number of fused-ring (bicyclic) bond motifs is 3. The molecule has 0 saturated heterocycles. The van der Waals surface area contributed by atoms with Crippen molar-refractivity contribution < 1.29 is 0 Å². The van der Waals surface area contributed by atoms with E-state index in [1.807, 2.05) is 0 Å². The molecule has 1 heterocycles. The lowest BCUT2D eigenvalue weighted by molar-refractivity contribution is 1.18. The molecule has 0 aliphatic heterocycles. The summed E-state index contributed by atoms with van der Waals surface area (Å²) in [5.74, 6) is 0. The van der Waals surface area contributed by atoms with Crippen LogP contribution in [0.25, 0.3) is 38.6 Å². The first kappa shape index (κ1) is 15.0. The van der Waals surface area contributed by atoms with Gasteiger partial charge in [0.25, 0.3) is 0 Å². The molecule has 1 heteroatoms. The third-order valence-corrected chi connectivity index (χ3v) is 5.04. The highest BCUT2D eigenvalue weighted by Crippen LogP contribution is 2.35. The smallest absolute Gasteiger partial charge is 0.0543 e. The maximum atomic E-state index is 2.37. The van der Waals surface area contributed by atoms with E-state index in [0.29, 0.717) is 0 Å². The van der Waals surface area contributed by atoms with Crippen molar-refractivity contribution in [2.75, 3.05) is 0 Å². The molecule has 0 atom stereocenters. The van der Waals surface area contributed by atoms with Crippen LogP contribution in [0.4, 0.5) is 0 Å². The van der Waals surface area contributed by atoms with Crippen LogP contribution < -0.4 is 0 Å². The maximum Gasteiger partial charge on any atom is 0.0543 e. The second-order valence-corrected chi connectivity index (χ2v) is 6.79. The zero-order chi connectivity index (χ0) is 17.5. The van der Waals surface area contributed by atoms with Crippen LogP contribution in [0.15, 0.2) is 97.1 Å². The standard InChI is InChI=1S/C25H19N/c1-18-12-14-22-23-17-20(19-8-4-2-5-9-19)13-15-24(23)26(25(22)16-18)21-10-6-3-7-11-21/h2-17H,1H3. The van der Waals surface area contributed by atoms with Crippen molar-refractivity contribution in [2.45, 2.75) is 6.92 Å². The van der Waals surface area contributed by atoms with Crippen LogP contribution in [0.2, 0.25) is 0 Å². The lowest BCUT2D eigenvalue weighted by Crippen LogP contribution is -1.93. The maximum absolute atomic E-state index is 2.37. The fourth-order valence-corrected chi connectivity index (χ4v) is 3.80. The van der Waals surface area contributed by atoms with Crippen molar-refractivity contribution in [3.05, 3.63) is 103 Å². The van der Waals surface area contributed by atoms with Crippen molar-refractivity contribution in [3.8, 4) is 16.8 Å². The first-order valence-corrected chi connectivity index (χ1v) is 8.97. The Morgan fingerprint density at radius 1 is 0.538 bits per heavy atom. The lowest BCUT2D eigenvalue weighted by Gasteiger charge is -2.08. The highest BCUT2D eigenvalue weighted by molar-refractivity contribution is 6.10. The van der Waals surface area contributed by atoms with Gasteiger partial charge in [-0.1, -0.05) is 66.7 Å². The van der Waals surface area contributed by atoms with Gasteiger partial charge in [0, 0.05) is 16.5 Å². The van der Waals surface area contributed by atoms with Gasteiger partial charge in [-0.05, 0) is 53.9 Å². The summed E-state index contributed by atoms with van der Waals surface area (Å²) < 4.78 is 2.37. The fourth-order valence-electron chi connectivity index (χ4n) is 3.80. The molecular formula is C25H19N. The summed E-state index contributed by atoms with van der Waals surface area (Å²) in [5.41, 5.74) is 7.49. The molecule has 0 unspecified atom stereocenters. The Balaban J connectivity index is 1.87. The molecule has 0 N–H and O–H groups in total.